The molecule has 1 aromatic heterocycles. The number of hydrogen-bond acceptors (Lipinski definition) is 5. The fraction of sp³-hybridized carbons (Fsp3) is 0.476. The predicted octanol–water partition coefficient (Wildman–Crippen LogP) is 3.49. The zero-order valence-corrected chi connectivity index (χ0v) is 17.1. The first-order valence-electron chi connectivity index (χ1n) is 9.38. The number of carbonyl (C=O) groups is 1. The summed E-state index contributed by atoms with van der Waals surface area (Å²) in [5, 5.41) is 3.09. The van der Waals surface area contributed by atoms with Gasteiger partial charge in [-0.2, -0.15) is 0 Å². The van der Waals surface area contributed by atoms with Crippen molar-refractivity contribution in [2.24, 2.45) is 0 Å². The molecule has 27 heavy (non-hydrogen) atoms. The van der Waals surface area contributed by atoms with Gasteiger partial charge in [0.25, 0.3) is 0 Å². The lowest BCUT2D eigenvalue weighted by Crippen LogP contribution is -2.44. The van der Waals surface area contributed by atoms with Gasteiger partial charge in [0.15, 0.2) is 0 Å². The molecule has 6 heteroatoms. The summed E-state index contributed by atoms with van der Waals surface area (Å²) >= 11 is 1.59. The Labute approximate surface area is 165 Å². The van der Waals surface area contributed by atoms with Crippen LogP contribution in [0.3, 0.4) is 0 Å². The minimum Gasteiger partial charge on any atom is -0.465 e. The summed E-state index contributed by atoms with van der Waals surface area (Å²) in [5.74, 6) is 2.25. The molecule has 1 atom stereocenters. The number of aryl methyl sites for hydroxylation is 3. The highest BCUT2D eigenvalue weighted by atomic mass is 32.2. The number of hydrogen-bond donors (Lipinski definition) is 1. The number of nitrogens with zero attached hydrogens (tertiary/aromatic N) is 1. The molecule has 1 fully saturated rings. The Bertz CT molecular complexity index is 769. The third-order valence-corrected chi connectivity index (χ3v) is 5.93. The van der Waals surface area contributed by atoms with Crippen LogP contribution in [0, 0.1) is 20.8 Å². The Hall–Kier alpha value is -1.76. The van der Waals surface area contributed by atoms with E-state index in [1.807, 2.05) is 19.1 Å². The van der Waals surface area contributed by atoms with E-state index in [-0.39, 0.29) is 11.9 Å². The minimum absolute atomic E-state index is 0.0391. The second-order valence-electron chi connectivity index (χ2n) is 6.97. The largest absolute Gasteiger partial charge is 0.465 e. The van der Waals surface area contributed by atoms with Gasteiger partial charge in [0.1, 0.15) is 11.5 Å². The number of rotatable bonds is 7. The van der Waals surface area contributed by atoms with Gasteiger partial charge >= 0.3 is 0 Å². The summed E-state index contributed by atoms with van der Waals surface area (Å²) in [6, 6.07) is 10.3. The van der Waals surface area contributed by atoms with E-state index in [2.05, 4.69) is 42.3 Å². The van der Waals surface area contributed by atoms with Gasteiger partial charge in [-0.25, -0.2) is 0 Å². The topological polar surface area (TPSA) is 54.7 Å². The fourth-order valence-electron chi connectivity index (χ4n) is 3.20. The monoisotopic (exact) mass is 388 g/mol. The van der Waals surface area contributed by atoms with Crippen molar-refractivity contribution in [1.82, 2.24) is 10.2 Å². The average Bonchev–Trinajstić information content (AvgIpc) is 3.09. The number of furan rings is 1. The Morgan fingerprint density at radius 1 is 1.19 bits per heavy atom. The molecule has 0 radical (unpaired) electrons. The molecule has 1 N–H and O–H groups in total. The lowest BCUT2D eigenvalue weighted by atomic mass is 10.1. The molecule has 0 bridgehead atoms. The maximum Gasteiger partial charge on any atom is 0.230 e. The van der Waals surface area contributed by atoms with Crippen molar-refractivity contribution in [1.29, 1.82) is 0 Å². The second kappa shape index (κ2) is 9.44. The van der Waals surface area contributed by atoms with Gasteiger partial charge in [0.2, 0.25) is 5.91 Å². The first-order chi connectivity index (χ1) is 13.0. The minimum atomic E-state index is 0.0391. The molecule has 1 aliphatic heterocycles. The Morgan fingerprint density at radius 2 is 1.96 bits per heavy atom. The van der Waals surface area contributed by atoms with E-state index in [9.17, 15) is 4.79 Å². The molecule has 1 unspecified atom stereocenters. The Balaban J connectivity index is 1.57. The van der Waals surface area contributed by atoms with E-state index in [1.54, 1.807) is 11.8 Å². The summed E-state index contributed by atoms with van der Waals surface area (Å²) < 4.78 is 11.3. The molecule has 0 aliphatic carbocycles. The van der Waals surface area contributed by atoms with Crippen molar-refractivity contribution >= 4 is 17.7 Å². The third-order valence-electron chi connectivity index (χ3n) is 4.77. The number of benzene rings is 1. The van der Waals surface area contributed by atoms with E-state index in [0.717, 1.165) is 29.5 Å². The molecule has 5 nitrogen and oxygen atoms in total. The number of morpholine rings is 1. The molecule has 2 heterocycles. The number of nitrogens with one attached hydrogen (secondary N) is 1. The van der Waals surface area contributed by atoms with E-state index in [1.165, 1.54) is 11.1 Å². The van der Waals surface area contributed by atoms with Gasteiger partial charge in [-0.3, -0.25) is 9.69 Å². The van der Waals surface area contributed by atoms with Crippen LogP contribution in [-0.4, -0.2) is 49.4 Å². The summed E-state index contributed by atoms with van der Waals surface area (Å²) in [6.07, 6.45) is 0. The van der Waals surface area contributed by atoms with Gasteiger partial charge in [-0.15, -0.1) is 11.8 Å². The Morgan fingerprint density at radius 3 is 2.67 bits per heavy atom. The highest BCUT2D eigenvalue weighted by molar-refractivity contribution is 8.00. The maximum atomic E-state index is 12.4. The van der Waals surface area contributed by atoms with Crippen LogP contribution in [0.25, 0.3) is 0 Å². The van der Waals surface area contributed by atoms with Crippen LogP contribution in [-0.2, 0) is 9.53 Å². The SMILES string of the molecule is Cc1ccc(C)c(SCC(=O)NCC(c2ccc(C)o2)N2CCOCC2)c1. The number of thioether (sulfide) groups is 1. The fourth-order valence-corrected chi connectivity index (χ4v) is 4.15. The first-order valence-corrected chi connectivity index (χ1v) is 10.4. The van der Waals surface area contributed by atoms with Crippen LogP contribution in [0.2, 0.25) is 0 Å². The predicted molar refractivity (Wildman–Crippen MR) is 108 cm³/mol. The lowest BCUT2D eigenvalue weighted by Gasteiger charge is -2.33. The van der Waals surface area contributed by atoms with Crippen LogP contribution in [0.1, 0.15) is 28.7 Å². The van der Waals surface area contributed by atoms with Crippen molar-refractivity contribution in [3.05, 3.63) is 53.0 Å². The normalized spacial score (nSPS) is 16.3. The van der Waals surface area contributed by atoms with Gasteiger partial charge in [0.05, 0.1) is 25.0 Å². The van der Waals surface area contributed by atoms with Gasteiger partial charge in [-0.05, 0) is 44.5 Å². The Kier molecular flexibility index (Phi) is 6.99. The molecular formula is C21H28N2O3S. The summed E-state index contributed by atoms with van der Waals surface area (Å²) in [7, 11) is 0. The molecular weight excluding hydrogens is 360 g/mol. The molecule has 2 aromatic rings. The number of ether oxygens (including phenoxy) is 1. The van der Waals surface area contributed by atoms with Crippen molar-refractivity contribution in [2.45, 2.75) is 31.7 Å². The van der Waals surface area contributed by atoms with Crippen molar-refractivity contribution in [3.63, 3.8) is 0 Å². The molecule has 0 saturated carbocycles. The first kappa shape index (κ1) is 20.0. The number of carbonyl (C=O) groups excluding carboxylic acids is 1. The average molecular weight is 389 g/mol. The standard InChI is InChI=1S/C21H28N2O3S/c1-15-4-5-16(2)20(12-15)27-14-21(24)22-13-18(19-7-6-17(3)26-19)23-8-10-25-11-9-23/h4-7,12,18H,8-11,13-14H2,1-3H3,(H,22,24). The van der Waals surface area contributed by atoms with Crippen molar-refractivity contribution in [3.8, 4) is 0 Å². The van der Waals surface area contributed by atoms with Crippen LogP contribution in [0.15, 0.2) is 39.6 Å². The highest BCUT2D eigenvalue weighted by Gasteiger charge is 2.25. The van der Waals surface area contributed by atoms with Crippen LogP contribution in [0.4, 0.5) is 0 Å². The van der Waals surface area contributed by atoms with Crippen molar-refractivity contribution in [2.75, 3.05) is 38.6 Å². The van der Waals surface area contributed by atoms with Crippen LogP contribution >= 0.6 is 11.8 Å². The highest BCUT2D eigenvalue weighted by Crippen LogP contribution is 2.25. The van der Waals surface area contributed by atoms with Gasteiger partial charge < -0.3 is 14.5 Å². The lowest BCUT2D eigenvalue weighted by molar-refractivity contribution is -0.118. The molecule has 146 valence electrons. The molecule has 0 spiro atoms. The molecule has 1 saturated heterocycles. The van der Waals surface area contributed by atoms with Gasteiger partial charge in [-0.1, -0.05) is 17.7 Å². The van der Waals surface area contributed by atoms with Gasteiger partial charge in [0, 0.05) is 24.5 Å². The van der Waals surface area contributed by atoms with E-state index < -0.39 is 0 Å². The second-order valence-corrected chi connectivity index (χ2v) is 7.99. The molecule has 1 aliphatic rings. The molecule has 3 rings (SSSR count). The number of amides is 1. The molecule has 1 amide bonds. The van der Waals surface area contributed by atoms with Crippen molar-refractivity contribution < 1.29 is 13.9 Å². The maximum absolute atomic E-state index is 12.4. The summed E-state index contributed by atoms with van der Waals surface area (Å²) in [6.45, 7) is 9.75. The van der Waals surface area contributed by atoms with Crippen LogP contribution in [0.5, 0.6) is 0 Å². The zero-order chi connectivity index (χ0) is 19.2. The summed E-state index contributed by atoms with van der Waals surface area (Å²) in [4.78, 5) is 15.9. The van der Waals surface area contributed by atoms with E-state index >= 15 is 0 Å². The third kappa shape index (κ3) is 5.61. The smallest absolute Gasteiger partial charge is 0.230 e. The zero-order valence-electron chi connectivity index (χ0n) is 16.3. The molecule has 1 aromatic carbocycles. The van der Waals surface area contributed by atoms with E-state index in [0.29, 0.717) is 25.5 Å². The van der Waals surface area contributed by atoms with Crippen LogP contribution < -0.4 is 5.32 Å². The van der Waals surface area contributed by atoms with E-state index in [4.69, 9.17) is 9.15 Å². The summed E-state index contributed by atoms with van der Waals surface area (Å²) in [5.41, 5.74) is 2.42. The quantitative estimate of drug-likeness (QED) is 0.736.